The second-order valence-corrected chi connectivity index (χ2v) is 33.5. The molecule has 0 spiro atoms. The molecule has 550 valence electrons. The van der Waals surface area contributed by atoms with Crippen molar-refractivity contribution in [3.8, 4) is 17.2 Å². The van der Waals surface area contributed by atoms with Crippen molar-refractivity contribution in [3.05, 3.63) is 167 Å². The number of nitro groups is 1. The summed E-state index contributed by atoms with van der Waals surface area (Å²) in [5.74, 6) is 1.98. The van der Waals surface area contributed by atoms with E-state index in [0.717, 1.165) is 190 Å². The Morgan fingerprint density at radius 2 is 0.733 bits per heavy atom. The SMILES string of the molecule is CC(C)Oc1ccccc1N1CCN(C2CCC(NS(=O)(=O)c3ccc(Cl)cc3F)CC2)CC1.CC(C)Oc1ccccc1N1CCN(C2CCC(NS(=O)(=O)c3ccccc3)CC2)CC1.CC(C)Oc1ccccc1N1CCN(C2CCC(NS(=O)(=O)c3ccccc3[N+](=O)[O-])CC2)CC1. The highest BCUT2D eigenvalue weighted by atomic mass is 35.5. The lowest BCUT2D eigenvalue weighted by Crippen LogP contribution is -2.52. The van der Waals surface area contributed by atoms with E-state index in [4.69, 9.17) is 25.8 Å². The first kappa shape index (κ1) is 77.0. The zero-order valence-electron chi connectivity index (χ0n) is 59.1. The average Bonchev–Trinajstić information content (AvgIpc) is 0.870. The van der Waals surface area contributed by atoms with Gasteiger partial charge in [0, 0.05) is 126 Å². The maximum absolute atomic E-state index is 14.1. The Morgan fingerprint density at radius 1 is 0.416 bits per heavy atom. The fourth-order valence-corrected chi connectivity index (χ4v) is 19.2. The first-order chi connectivity index (χ1) is 48.4. The molecule has 3 heterocycles. The predicted octanol–water partition coefficient (Wildman–Crippen LogP) is 12.4. The Kier molecular flexibility index (Phi) is 27.2. The number of halogens is 2. The molecular weight excluding hydrogens is 1370 g/mol. The minimum absolute atomic E-state index is 0.0257. The highest BCUT2D eigenvalue weighted by Gasteiger charge is 2.36. The molecule has 3 saturated carbocycles. The standard InChI is InChI=1S/C25H33ClFN3O3S.C25H34N4O5S.C25H35N3O3S/c1-18(2)33-24-6-4-3-5-23(24)30-15-13-29(14-16-30)21-10-8-20(9-11-21)28-34(31,32)25-12-7-19(26)17-22(25)27;1-19(2)34-24-9-5-3-7-22(24)28-17-15-27(16-18-28)21-13-11-20(12-14-21)26-35(32,33)25-10-6-4-8-23(25)29(30)31;1-20(2)31-25-11-7-6-10-24(25)28-18-16-27(17-19-28)22-14-12-21(13-15-22)26-32(29,30)23-8-4-3-5-9-23/h3-7,12,17-18,20-21,28H,8-11,13-16H2,1-2H3;3-10,19-21,26H,11-18H2,1-2H3;3-11,20-22,26H,12-19H2,1-2H3. The van der Waals surface area contributed by atoms with E-state index in [2.05, 4.69) is 87.7 Å². The van der Waals surface area contributed by atoms with E-state index in [1.54, 1.807) is 24.3 Å². The molecule has 101 heavy (non-hydrogen) atoms. The number of benzene rings is 6. The van der Waals surface area contributed by atoms with Crippen LogP contribution >= 0.6 is 11.6 Å². The van der Waals surface area contributed by atoms with Crippen molar-refractivity contribution < 1.29 is 48.8 Å². The molecule has 26 heteroatoms. The largest absolute Gasteiger partial charge is 0.489 e. The molecular formula is C75H102ClFN10O11S3. The zero-order valence-corrected chi connectivity index (χ0v) is 62.3. The van der Waals surface area contributed by atoms with Crippen molar-refractivity contribution in [1.29, 1.82) is 0 Å². The molecule has 0 unspecified atom stereocenters. The molecule has 0 bridgehead atoms. The maximum Gasteiger partial charge on any atom is 0.289 e. The Balaban J connectivity index is 0.000000164. The van der Waals surface area contributed by atoms with Gasteiger partial charge in [0.05, 0.1) is 45.2 Å². The molecule has 6 aliphatic rings. The Morgan fingerprint density at radius 3 is 1.08 bits per heavy atom. The maximum atomic E-state index is 14.1. The smallest absolute Gasteiger partial charge is 0.289 e. The molecule has 3 aliphatic carbocycles. The highest BCUT2D eigenvalue weighted by Crippen LogP contribution is 2.36. The Bertz CT molecular complexity index is 3990. The van der Waals surface area contributed by atoms with Gasteiger partial charge in [-0.25, -0.2) is 43.8 Å². The van der Waals surface area contributed by atoms with Gasteiger partial charge in [-0.2, -0.15) is 0 Å². The second-order valence-electron chi connectivity index (χ2n) is 28.0. The van der Waals surface area contributed by atoms with Crippen LogP contribution in [0.25, 0.3) is 0 Å². The van der Waals surface area contributed by atoms with Gasteiger partial charge in [-0.1, -0.05) is 78.3 Å². The van der Waals surface area contributed by atoms with Crippen LogP contribution in [-0.4, -0.2) is 178 Å². The monoisotopic (exact) mass is 1470 g/mol. The van der Waals surface area contributed by atoms with Crippen molar-refractivity contribution in [2.45, 2.75) is 188 Å². The first-order valence-corrected chi connectivity index (χ1v) is 40.8. The molecule has 0 aromatic heterocycles. The number of anilines is 3. The van der Waals surface area contributed by atoms with Crippen LogP contribution in [0.3, 0.4) is 0 Å². The van der Waals surface area contributed by atoms with Gasteiger partial charge >= 0.3 is 0 Å². The Hall–Kier alpha value is -6.65. The minimum atomic E-state index is -3.95. The van der Waals surface area contributed by atoms with Gasteiger partial charge < -0.3 is 28.9 Å². The van der Waals surface area contributed by atoms with Gasteiger partial charge in [0.2, 0.25) is 30.1 Å². The highest BCUT2D eigenvalue weighted by molar-refractivity contribution is 7.90. The minimum Gasteiger partial charge on any atom is -0.489 e. The number of sulfonamides is 3. The fraction of sp³-hybridized carbons (Fsp3) is 0.520. The van der Waals surface area contributed by atoms with Crippen LogP contribution in [0.2, 0.25) is 5.02 Å². The summed E-state index contributed by atoms with van der Waals surface area (Å²) in [6.45, 7) is 23.8. The lowest BCUT2D eigenvalue weighted by atomic mass is 9.90. The van der Waals surface area contributed by atoms with Gasteiger partial charge in [0.1, 0.15) is 28.0 Å². The average molecular weight is 1470 g/mol. The summed E-state index contributed by atoms with van der Waals surface area (Å²) < 4.78 is 117. The van der Waals surface area contributed by atoms with E-state index in [-0.39, 0.29) is 51.3 Å². The first-order valence-electron chi connectivity index (χ1n) is 35.9. The molecule has 0 amide bonds. The number of nitro benzene ring substituents is 1. The summed E-state index contributed by atoms with van der Waals surface area (Å²) in [7, 11) is -11.3. The van der Waals surface area contributed by atoms with Crippen molar-refractivity contribution in [3.63, 3.8) is 0 Å². The van der Waals surface area contributed by atoms with Crippen LogP contribution in [0.1, 0.15) is 119 Å². The molecule has 3 N–H and O–H groups in total. The predicted molar refractivity (Wildman–Crippen MR) is 398 cm³/mol. The number of piperazine rings is 3. The third-order valence-electron chi connectivity index (χ3n) is 19.8. The third kappa shape index (κ3) is 21.3. The van der Waals surface area contributed by atoms with Crippen molar-refractivity contribution in [2.75, 3.05) is 93.2 Å². The van der Waals surface area contributed by atoms with Crippen LogP contribution in [0.4, 0.5) is 27.1 Å². The number of ether oxygens (including phenoxy) is 3. The number of rotatable bonds is 22. The molecule has 3 saturated heterocycles. The molecule has 12 rings (SSSR count). The molecule has 6 aromatic carbocycles. The van der Waals surface area contributed by atoms with Crippen LogP contribution in [-0.2, 0) is 30.1 Å². The normalized spacial score (nSPS) is 22.2. The second kappa shape index (κ2) is 35.7. The third-order valence-corrected chi connectivity index (χ3v) is 24.7. The van der Waals surface area contributed by atoms with E-state index in [1.165, 1.54) is 42.1 Å². The number of nitrogens with one attached hydrogen (secondary N) is 3. The summed E-state index contributed by atoms with van der Waals surface area (Å²) in [6.07, 6.45) is 10.8. The lowest BCUT2D eigenvalue weighted by molar-refractivity contribution is -0.387. The summed E-state index contributed by atoms with van der Waals surface area (Å²) in [5, 5.41) is 11.4. The van der Waals surface area contributed by atoms with Gasteiger partial charge in [0.25, 0.3) is 5.69 Å². The molecule has 0 atom stereocenters. The van der Waals surface area contributed by atoms with Gasteiger partial charge in [-0.15, -0.1) is 0 Å². The summed E-state index contributed by atoms with van der Waals surface area (Å²) in [6, 6.07) is 43.5. The van der Waals surface area contributed by atoms with E-state index in [9.17, 15) is 39.8 Å². The molecule has 21 nitrogen and oxygen atoms in total. The van der Waals surface area contributed by atoms with Gasteiger partial charge in [-0.3, -0.25) is 24.8 Å². The van der Waals surface area contributed by atoms with Crippen LogP contribution in [0.15, 0.2) is 160 Å². The number of hydrogen-bond donors (Lipinski definition) is 3. The molecule has 6 aromatic rings. The van der Waals surface area contributed by atoms with Crippen LogP contribution < -0.4 is 43.1 Å². The van der Waals surface area contributed by atoms with E-state index in [0.29, 0.717) is 23.0 Å². The molecule has 0 radical (unpaired) electrons. The topological polar surface area (TPSA) is 229 Å². The zero-order chi connectivity index (χ0) is 71.8. The van der Waals surface area contributed by atoms with Gasteiger partial charge in [-0.05, 0) is 191 Å². The Labute approximate surface area is 603 Å². The van der Waals surface area contributed by atoms with Crippen molar-refractivity contribution >= 4 is 64.4 Å². The van der Waals surface area contributed by atoms with Gasteiger partial charge in [0.15, 0.2) is 4.90 Å². The fourth-order valence-electron chi connectivity index (χ4n) is 14.9. The van der Waals surface area contributed by atoms with E-state index < -0.39 is 46.5 Å². The lowest BCUT2D eigenvalue weighted by Gasteiger charge is -2.43. The van der Waals surface area contributed by atoms with Crippen molar-refractivity contribution in [2.24, 2.45) is 0 Å². The summed E-state index contributed by atoms with van der Waals surface area (Å²) >= 11 is 5.75. The molecule has 6 fully saturated rings. The quantitative estimate of drug-likeness (QED) is 0.0424. The molecule has 3 aliphatic heterocycles. The van der Waals surface area contributed by atoms with Crippen LogP contribution in [0, 0.1) is 15.9 Å². The van der Waals surface area contributed by atoms with Crippen LogP contribution in [0.5, 0.6) is 17.2 Å². The number of para-hydroxylation sites is 7. The van der Waals surface area contributed by atoms with E-state index in [1.807, 2.05) is 76.2 Å². The number of hydrogen-bond acceptors (Lipinski definition) is 17. The number of nitrogens with zero attached hydrogens (tertiary/aromatic N) is 7. The summed E-state index contributed by atoms with van der Waals surface area (Å²) in [4.78, 5) is 25.1. The van der Waals surface area contributed by atoms with Crippen molar-refractivity contribution in [1.82, 2.24) is 28.9 Å². The summed E-state index contributed by atoms with van der Waals surface area (Å²) in [5.41, 5.74) is 3.06. The van der Waals surface area contributed by atoms with E-state index >= 15 is 0 Å².